The highest BCUT2D eigenvalue weighted by molar-refractivity contribution is 9.10. The van der Waals surface area contributed by atoms with Gasteiger partial charge in [-0.25, -0.2) is 8.42 Å². The van der Waals surface area contributed by atoms with Crippen LogP contribution in [0.1, 0.15) is 24.9 Å². The first-order valence-corrected chi connectivity index (χ1v) is 7.57. The third-order valence-corrected chi connectivity index (χ3v) is 5.98. The van der Waals surface area contributed by atoms with Crippen LogP contribution >= 0.6 is 15.9 Å². The lowest BCUT2D eigenvalue weighted by atomic mass is 10.0. The molecule has 0 saturated carbocycles. The van der Waals surface area contributed by atoms with Crippen molar-refractivity contribution in [3.8, 4) is 0 Å². The van der Waals surface area contributed by atoms with Crippen molar-refractivity contribution >= 4 is 25.8 Å². The van der Waals surface area contributed by atoms with Crippen molar-refractivity contribution < 1.29 is 8.42 Å². The van der Waals surface area contributed by atoms with E-state index in [0.717, 1.165) is 10.0 Å². The highest BCUT2D eigenvalue weighted by Gasteiger charge is 2.43. The van der Waals surface area contributed by atoms with Crippen molar-refractivity contribution in [2.45, 2.75) is 29.5 Å². The molecule has 16 heavy (non-hydrogen) atoms. The van der Waals surface area contributed by atoms with Crippen LogP contribution in [0.4, 0.5) is 0 Å². The van der Waals surface area contributed by atoms with Gasteiger partial charge in [0, 0.05) is 4.47 Å². The topological polar surface area (TPSA) is 46.2 Å². The Hall–Kier alpha value is -0.390. The van der Waals surface area contributed by atoms with Crippen LogP contribution in [-0.4, -0.2) is 20.7 Å². The second-order valence-corrected chi connectivity index (χ2v) is 6.99. The quantitative estimate of drug-likeness (QED) is 0.912. The van der Waals surface area contributed by atoms with Crippen LogP contribution in [0, 0.1) is 0 Å². The number of hydrogen-bond acceptors (Lipinski definition) is 3. The molecule has 5 heteroatoms. The minimum Gasteiger partial charge on any atom is -0.312 e. The Morgan fingerprint density at radius 1 is 1.44 bits per heavy atom. The predicted molar refractivity (Wildman–Crippen MR) is 67.2 cm³/mol. The zero-order chi connectivity index (χ0) is 11.9. The smallest absolute Gasteiger partial charge is 0.183 e. The van der Waals surface area contributed by atoms with E-state index in [-0.39, 0.29) is 11.3 Å². The van der Waals surface area contributed by atoms with Gasteiger partial charge in [-0.1, -0.05) is 22.9 Å². The van der Waals surface area contributed by atoms with Crippen molar-refractivity contribution in [2.24, 2.45) is 0 Å². The SMILES string of the molecule is CCC1C(NC)c2cc(Br)ccc2S1(=O)=O. The molecular weight excluding hydrogens is 290 g/mol. The molecule has 0 fully saturated rings. The lowest BCUT2D eigenvalue weighted by Crippen LogP contribution is -2.28. The monoisotopic (exact) mass is 303 g/mol. The molecule has 0 bridgehead atoms. The fourth-order valence-electron chi connectivity index (χ4n) is 2.36. The molecule has 1 aliphatic heterocycles. The maximum absolute atomic E-state index is 12.2. The summed E-state index contributed by atoms with van der Waals surface area (Å²) in [4.78, 5) is 0.474. The summed E-state index contributed by atoms with van der Waals surface area (Å²) >= 11 is 3.38. The van der Waals surface area contributed by atoms with Crippen LogP contribution in [0.5, 0.6) is 0 Å². The van der Waals surface area contributed by atoms with Crippen molar-refractivity contribution in [2.75, 3.05) is 7.05 Å². The van der Waals surface area contributed by atoms with Crippen LogP contribution in [0.25, 0.3) is 0 Å². The van der Waals surface area contributed by atoms with Crippen molar-refractivity contribution in [3.05, 3.63) is 28.2 Å². The summed E-state index contributed by atoms with van der Waals surface area (Å²) < 4.78 is 25.4. The zero-order valence-corrected chi connectivity index (χ0v) is 11.6. The van der Waals surface area contributed by atoms with Crippen molar-refractivity contribution in [1.82, 2.24) is 5.32 Å². The molecule has 1 aliphatic rings. The first kappa shape index (κ1) is 12.1. The first-order valence-electron chi connectivity index (χ1n) is 5.23. The summed E-state index contributed by atoms with van der Waals surface area (Å²) in [6.45, 7) is 1.91. The van der Waals surface area contributed by atoms with Gasteiger partial charge in [-0.05, 0) is 37.2 Å². The average Bonchev–Trinajstić information content (AvgIpc) is 2.45. The van der Waals surface area contributed by atoms with E-state index in [1.807, 2.05) is 13.0 Å². The molecule has 0 radical (unpaired) electrons. The van der Waals surface area contributed by atoms with Crippen LogP contribution in [0.15, 0.2) is 27.6 Å². The summed E-state index contributed by atoms with van der Waals surface area (Å²) in [5, 5.41) is 2.76. The third kappa shape index (κ3) is 1.61. The highest BCUT2D eigenvalue weighted by Crippen LogP contribution is 2.41. The van der Waals surface area contributed by atoms with Crippen LogP contribution < -0.4 is 5.32 Å². The molecule has 2 unspecified atom stereocenters. The number of hydrogen-bond donors (Lipinski definition) is 1. The van der Waals surface area contributed by atoms with Gasteiger partial charge in [0.05, 0.1) is 16.2 Å². The normalized spacial score (nSPS) is 26.7. The largest absolute Gasteiger partial charge is 0.312 e. The van der Waals surface area contributed by atoms with Crippen molar-refractivity contribution in [3.63, 3.8) is 0 Å². The standard InChI is InChI=1S/C11H14BrNO2S/c1-3-9-11(13-2)8-6-7(12)4-5-10(8)16(9,14)15/h4-6,9,11,13H,3H2,1-2H3. The lowest BCUT2D eigenvalue weighted by molar-refractivity contribution is 0.528. The molecule has 2 rings (SSSR count). The molecule has 3 nitrogen and oxygen atoms in total. The minimum absolute atomic E-state index is 0.0949. The maximum atomic E-state index is 12.2. The molecule has 1 aromatic carbocycles. The molecule has 0 spiro atoms. The van der Waals surface area contributed by atoms with E-state index in [0.29, 0.717) is 11.3 Å². The second kappa shape index (κ2) is 4.13. The molecule has 88 valence electrons. The summed E-state index contributed by atoms with van der Waals surface area (Å²) in [7, 11) is -1.35. The van der Waals surface area contributed by atoms with E-state index in [1.165, 1.54) is 0 Å². The number of halogens is 1. The average molecular weight is 304 g/mol. The van der Waals surface area contributed by atoms with Gasteiger partial charge >= 0.3 is 0 Å². The van der Waals surface area contributed by atoms with E-state index >= 15 is 0 Å². The van der Waals surface area contributed by atoms with Crippen LogP contribution in [0.3, 0.4) is 0 Å². The lowest BCUT2D eigenvalue weighted by Gasteiger charge is -2.16. The number of benzene rings is 1. The Bertz CT molecular complexity index is 513. The summed E-state index contributed by atoms with van der Waals surface area (Å²) in [5.74, 6) is 0. The van der Waals surface area contributed by atoms with Gasteiger partial charge in [-0.2, -0.15) is 0 Å². The predicted octanol–water partition coefficient (Wildman–Crippen LogP) is 2.28. The molecule has 0 aliphatic carbocycles. The Labute approximate surface area is 104 Å². The van der Waals surface area contributed by atoms with Crippen molar-refractivity contribution in [1.29, 1.82) is 0 Å². The van der Waals surface area contributed by atoms with Crippen LogP contribution in [-0.2, 0) is 9.84 Å². The Morgan fingerprint density at radius 2 is 2.12 bits per heavy atom. The minimum atomic E-state index is -3.16. The van der Waals surface area contributed by atoms with Gasteiger partial charge in [0.2, 0.25) is 0 Å². The van der Waals surface area contributed by atoms with Gasteiger partial charge in [0.25, 0.3) is 0 Å². The molecule has 2 atom stereocenters. The van der Waals surface area contributed by atoms with Gasteiger partial charge < -0.3 is 5.32 Å². The summed E-state index contributed by atoms with van der Waals surface area (Å²) in [5.41, 5.74) is 0.878. The Morgan fingerprint density at radius 3 is 2.69 bits per heavy atom. The fraction of sp³-hybridized carbons (Fsp3) is 0.455. The molecular formula is C11H14BrNO2S. The first-order chi connectivity index (χ1) is 7.52. The van der Waals surface area contributed by atoms with E-state index < -0.39 is 9.84 Å². The summed E-state index contributed by atoms with van der Waals surface area (Å²) in [6, 6.07) is 5.27. The van der Waals surface area contributed by atoms with E-state index in [9.17, 15) is 8.42 Å². The molecule has 1 N–H and O–H groups in total. The Balaban J connectivity index is 2.67. The molecule has 0 amide bonds. The van der Waals surface area contributed by atoms with Gasteiger partial charge in [-0.3, -0.25) is 0 Å². The summed E-state index contributed by atoms with van der Waals surface area (Å²) in [6.07, 6.45) is 0.625. The Kier molecular flexibility index (Phi) is 3.11. The highest BCUT2D eigenvalue weighted by atomic mass is 79.9. The van der Waals surface area contributed by atoms with E-state index in [4.69, 9.17) is 0 Å². The number of fused-ring (bicyclic) bond motifs is 1. The molecule has 0 saturated heterocycles. The molecule has 0 aromatic heterocycles. The van der Waals surface area contributed by atoms with E-state index in [2.05, 4.69) is 21.2 Å². The zero-order valence-electron chi connectivity index (χ0n) is 9.20. The number of rotatable bonds is 2. The number of sulfone groups is 1. The third-order valence-electron chi connectivity index (χ3n) is 3.10. The van der Waals surface area contributed by atoms with Gasteiger partial charge in [0.15, 0.2) is 9.84 Å². The second-order valence-electron chi connectivity index (χ2n) is 3.94. The van der Waals surface area contributed by atoms with Crippen LogP contribution in [0.2, 0.25) is 0 Å². The maximum Gasteiger partial charge on any atom is 0.183 e. The number of nitrogens with one attached hydrogen (secondary N) is 1. The van der Waals surface area contributed by atoms with Gasteiger partial charge in [0.1, 0.15) is 0 Å². The van der Waals surface area contributed by atoms with E-state index in [1.54, 1.807) is 19.2 Å². The van der Waals surface area contributed by atoms with Gasteiger partial charge in [-0.15, -0.1) is 0 Å². The molecule has 1 aromatic rings. The molecule has 1 heterocycles. The fourth-order valence-corrected chi connectivity index (χ4v) is 4.92.